The van der Waals surface area contributed by atoms with Gasteiger partial charge in [0, 0.05) is 31.7 Å². The van der Waals surface area contributed by atoms with Gasteiger partial charge in [-0.2, -0.15) is 0 Å². The minimum Gasteiger partial charge on any atom is -0.391 e. The number of hydrazine groups is 1. The summed E-state index contributed by atoms with van der Waals surface area (Å²) in [5.74, 6) is -0.427. The zero-order valence-corrected chi connectivity index (χ0v) is 13.6. The Balaban J connectivity index is 1.92. The number of carbonyl (C=O) groups excluding carboxylic acids is 2. The summed E-state index contributed by atoms with van der Waals surface area (Å²) in [7, 11) is 3.52. The van der Waals surface area contributed by atoms with Gasteiger partial charge in [-0.05, 0) is 29.6 Å². The maximum atomic E-state index is 12.3. The number of carbonyl (C=O) groups is 2. The molecule has 1 radical (unpaired) electrons. The van der Waals surface area contributed by atoms with Crippen molar-refractivity contribution in [1.82, 2.24) is 26.1 Å². The maximum absolute atomic E-state index is 12.3. The van der Waals surface area contributed by atoms with Gasteiger partial charge in [-0.1, -0.05) is 6.82 Å². The van der Waals surface area contributed by atoms with Gasteiger partial charge in [-0.25, -0.2) is 5.43 Å². The lowest BCUT2D eigenvalue weighted by molar-refractivity contribution is -0.136. The van der Waals surface area contributed by atoms with Crippen molar-refractivity contribution in [2.45, 2.75) is 20.3 Å². The van der Waals surface area contributed by atoms with E-state index < -0.39 is 0 Å². The van der Waals surface area contributed by atoms with Crippen molar-refractivity contribution in [3.63, 3.8) is 0 Å². The molecule has 0 aliphatic carbocycles. The molecule has 0 fully saturated rings. The molecule has 0 saturated heterocycles. The van der Waals surface area contributed by atoms with Crippen LogP contribution in [-0.4, -0.2) is 49.2 Å². The molecule has 23 heavy (non-hydrogen) atoms. The molecule has 1 aliphatic heterocycles. The minimum atomic E-state index is -0.217. The van der Waals surface area contributed by atoms with Crippen LogP contribution in [0.25, 0.3) is 0 Å². The van der Waals surface area contributed by atoms with Gasteiger partial charge < -0.3 is 10.6 Å². The predicted molar refractivity (Wildman–Crippen MR) is 88.2 cm³/mol. The topological polar surface area (TPSA) is 86.4 Å². The van der Waals surface area contributed by atoms with E-state index in [0.29, 0.717) is 18.6 Å². The minimum absolute atomic E-state index is 0.0305. The van der Waals surface area contributed by atoms with Gasteiger partial charge >= 0.3 is 0 Å². The number of likely N-dealkylation sites (N-methyl/N-ethyl adjacent to an activating group) is 1. The highest BCUT2D eigenvalue weighted by atomic mass is 16.2. The van der Waals surface area contributed by atoms with E-state index in [1.807, 2.05) is 13.0 Å². The zero-order valence-electron chi connectivity index (χ0n) is 13.6. The second kappa shape index (κ2) is 7.78. The standard InChI is InChI=1S/C15H21BN5O2/c1-10-6-18-5-4-11(10)7-19-13(22)9-21-15(23)14(16-2)12(17-3)8-20-21/h4-6,17,20H,7-9H2,1-3H3,(H,19,22). The molecule has 121 valence electrons. The van der Waals surface area contributed by atoms with E-state index in [4.69, 9.17) is 0 Å². The van der Waals surface area contributed by atoms with E-state index in [2.05, 4.69) is 21.0 Å². The number of hydrogen-bond donors (Lipinski definition) is 3. The molecule has 1 aliphatic rings. The van der Waals surface area contributed by atoms with Gasteiger partial charge in [0.25, 0.3) is 5.91 Å². The van der Waals surface area contributed by atoms with Crippen molar-refractivity contribution in [2.24, 2.45) is 0 Å². The monoisotopic (exact) mass is 314 g/mol. The van der Waals surface area contributed by atoms with Crippen LogP contribution in [0, 0.1) is 6.92 Å². The van der Waals surface area contributed by atoms with Crippen LogP contribution in [0.15, 0.2) is 29.6 Å². The quantitative estimate of drug-likeness (QED) is 0.619. The molecule has 8 heteroatoms. The molecule has 2 rings (SSSR count). The van der Waals surface area contributed by atoms with Crippen LogP contribution < -0.4 is 16.1 Å². The van der Waals surface area contributed by atoms with Crippen LogP contribution in [-0.2, 0) is 16.1 Å². The highest BCUT2D eigenvalue weighted by Crippen LogP contribution is 2.09. The Labute approximate surface area is 136 Å². The highest BCUT2D eigenvalue weighted by molar-refractivity contribution is 6.53. The number of hydrogen-bond acceptors (Lipinski definition) is 5. The fraction of sp³-hybridized carbons (Fsp3) is 0.400. The lowest BCUT2D eigenvalue weighted by atomic mass is 9.70. The molecule has 2 amide bonds. The molecule has 0 saturated carbocycles. The normalized spacial score (nSPS) is 14.7. The summed E-state index contributed by atoms with van der Waals surface area (Å²) in [6, 6.07) is 1.87. The molecule has 0 bridgehead atoms. The average Bonchev–Trinajstić information content (AvgIpc) is 2.55. The summed E-state index contributed by atoms with van der Waals surface area (Å²) < 4.78 is 0. The van der Waals surface area contributed by atoms with Crippen molar-refractivity contribution in [3.05, 3.63) is 40.8 Å². The first kappa shape index (κ1) is 17.0. The first-order valence-electron chi connectivity index (χ1n) is 7.48. The summed E-state index contributed by atoms with van der Waals surface area (Å²) >= 11 is 0. The largest absolute Gasteiger partial charge is 0.391 e. The fourth-order valence-electron chi connectivity index (χ4n) is 2.36. The number of aromatic nitrogens is 1. The number of rotatable bonds is 6. The molecule has 7 nitrogen and oxygen atoms in total. The Morgan fingerprint density at radius 3 is 2.96 bits per heavy atom. The van der Waals surface area contributed by atoms with Crippen LogP contribution in [0.3, 0.4) is 0 Å². The molecular formula is C15H21BN5O2. The van der Waals surface area contributed by atoms with Crippen molar-refractivity contribution in [3.8, 4) is 0 Å². The van der Waals surface area contributed by atoms with Crippen LogP contribution >= 0.6 is 0 Å². The first-order chi connectivity index (χ1) is 11.1. The van der Waals surface area contributed by atoms with Crippen LogP contribution in [0.4, 0.5) is 0 Å². The molecule has 0 aromatic carbocycles. The van der Waals surface area contributed by atoms with E-state index in [-0.39, 0.29) is 18.4 Å². The van der Waals surface area contributed by atoms with Crippen LogP contribution in [0.5, 0.6) is 0 Å². The molecule has 2 heterocycles. The maximum Gasteiger partial charge on any atom is 0.256 e. The van der Waals surface area contributed by atoms with Gasteiger partial charge in [0.05, 0.1) is 6.54 Å². The fourth-order valence-corrected chi connectivity index (χ4v) is 2.36. The Hall–Kier alpha value is -2.35. The molecule has 0 atom stereocenters. The highest BCUT2D eigenvalue weighted by Gasteiger charge is 2.26. The molecule has 3 N–H and O–H groups in total. The molecule has 0 spiro atoms. The third-order valence-corrected chi connectivity index (χ3v) is 3.75. The Morgan fingerprint density at radius 1 is 1.52 bits per heavy atom. The van der Waals surface area contributed by atoms with Crippen molar-refractivity contribution >= 4 is 19.1 Å². The Bertz CT molecular complexity index is 632. The Kier molecular flexibility index (Phi) is 5.75. The van der Waals surface area contributed by atoms with Crippen LogP contribution in [0.1, 0.15) is 11.1 Å². The van der Waals surface area contributed by atoms with Crippen molar-refractivity contribution in [1.29, 1.82) is 0 Å². The molecule has 0 unspecified atom stereocenters. The van der Waals surface area contributed by atoms with E-state index in [1.165, 1.54) is 5.01 Å². The summed E-state index contributed by atoms with van der Waals surface area (Å²) in [5, 5.41) is 7.16. The third-order valence-electron chi connectivity index (χ3n) is 3.75. The molecule has 1 aromatic rings. The number of amides is 2. The van der Waals surface area contributed by atoms with Crippen molar-refractivity contribution < 1.29 is 9.59 Å². The summed E-state index contributed by atoms with van der Waals surface area (Å²) in [6.45, 7) is 4.62. The summed E-state index contributed by atoms with van der Waals surface area (Å²) in [6.07, 6.45) is 3.45. The lowest BCUT2D eigenvalue weighted by Gasteiger charge is -2.30. The van der Waals surface area contributed by atoms with Crippen LogP contribution in [0.2, 0.25) is 6.82 Å². The number of nitrogens with one attached hydrogen (secondary N) is 3. The average molecular weight is 314 g/mol. The molecule has 1 aromatic heterocycles. The SMILES string of the molecule is C[B]C1=C(NC)CNN(CC(=O)NCc2ccncc2C)C1=O. The van der Waals surface area contributed by atoms with Gasteiger partial charge in [0.2, 0.25) is 5.91 Å². The van der Waals surface area contributed by atoms with E-state index >= 15 is 0 Å². The van der Waals surface area contributed by atoms with Gasteiger partial charge in [-0.3, -0.25) is 19.6 Å². The van der Waals surface area contributed by atoms with Gasteiger partial charge in [0.1, 0.15) is 6.54 Å². The second-order valence-electron chi connectivity index (χ2n) is 5.24. The van der Waals surface area contributed by atoms with E-state index in [0.717, 1.165) is 16.8 Å². The number of aryl methyl sites for hydroxylation is 1. The van der Waals surface area contributed by atoms with E-state index in [9.17, 15) is 9.59 Å². The zero-order chi connectivity index (χ0) is 16.8. The lowest BCUT2D eigenvalue weighted by Crippen LogP contribution is -2.54. The van der Waals surface area contributed by atoms with E-state index in [1.54, 1.807) is 33.5 Å². The summed E-state index contributed by atoms with van der Waals surface area (Å²) in [5.41, 5.74) is 6.38. The second-order valence-corrected chi connectivity index (χ2v) is 5.24. The number of pyridine rings is 1. The molecular weight excluding hydrogens is 293 g/mol. The van der Waals surface area contributed by atoms with Gasteiger partial charge in [0.15, 0.2) is 7.28 Å². The van der Waals surface area contributed by atoms with Crippen molar-refractivity contribution in [2.75, 3.05) is 20.1 Å². The third kappa shape index (κ3) is 4.10. The Morgan fingerprint density at radius 2 is 2.30 bits per heavy atom. The predicted octanol–water partition coefficient (Wildman–Crippen LogP) is -0.464. The number of nitrogens with zero attached hydrogens (tertiary/aromatic N) is 2. The summed E-state index contributed by atoms with van der Waals surface area (Å²) in [4.78, 5) is 28.4. The first-order valence-corrected chi connectivity index (χ1v) is 7.48. The van der Waals surface area contributed by atoms with Gasteiger partial charge in [-0.15, -0.1) is 0 Å². The smallest absolute Gasteiger partial charge is 0.256 e.